The first-order chi connectivity index (χ1) is 7.12. The van der Waals surface area contributed by atoms with Gasteiger partial charge in [-0.25, -0.2) is 9.59 Å². The number of ether oxygens (including phenoxy) is 3. The highest BCUT2D eigenvalue weighted by Crippen LogP contribution is 1.80. The van der Waals surface area contributed by atoms with Crippen LogP contribution in [0.15, 0.2) is 37.8 Å². The molecule has 15 heavy (non-hydrogen) atoms. The van der Waals surface area contributed by atoms with Crippen molar-refractivity contribution in [3.63, 3.8) is 0 Å². The maximum atomic E-state index is 10.3. The van der Waals surface area contributed by atoms with Crippen molar-refractivity contribution < 1.29 is 23.8 Å². The lowest BCUT2D eigenvalue weighted by Crippen LogP contribution is -1.98. The van der Waals surface area contributed by atoms with E-state index in [1.54, 1.807) is 0 Å². The van der Waals surface area contributed by atoms with Gasteiger partial charge in [0.25, 0.3) is 0 Å². The van der Waals surface area contributed by atoms with Crippen LogP contribution in [0, 0.1) is 0 Å². The van der Waals surface area contributed by atoms with Crippen LogP contribution in [0.4, 0.5) is 0 Å². The summed E-state index contributed by atoms with van der Waals surface area (Å²) in [5, 5.41) is 0. The Morgan fingerprint density at radius 2 is 1.27 bits per heavy atom. The van der Waals surface area contributed by atoms with Gasteiger partial charge >= 0.3 is 11.9 Å². The number of hydrogen-bond donors (Lipinski definition) is 0. The normalized spacial score (nSPS) is 8.13. The minimum absolute atomic E-state index is 0.578. The second-order valence-corrected chi connectivity index (χ2v) is 1.85. The van der Waals surface area contributed by atoms with Gasteiger partial charge in [0.15, 0.2) is 0 Å². The average Bonchev–Trinajstić information content (AvgIpc) is 2.27. The van der Waals surface area contributed by atoms with Gasteiger partial charge in [-0.3, -0.25) is 0 Å². The topological polar surface area (TPSA) is 61.8 Å². The zero-order chi connectivity index (χ0) is 12.1. The molecule has 0 bridgehead atoms. The van der Waals surface area contributed by atoms with Crippen LogP contribution in [0.2, 0.25) is 0 Å². The van der Waals surface area contributed by atoms with Crippen molar-refractivity contribution in [1.29, 1.82) is 0 Å². The lowest BCUT2D eigenvalue weighted by Gasteiger charge is -1.89. The molecule has 0 saturated carbocycles. The van der Waals surface area contributed by atoms with E-state index in [4.69, 9.17) is 0 Å². The summed E-state index contributed by atoms with van der Waals surface area (Å²) < 4.78 is 12.8. The zero-order valence-corrected chi connectivity index (χ0v) is 8.76. The third kappa shape index (κ3) is 14.8. The van der Waals surface area contributed by atoms with Gasteiger partial charge < -0.3 is 14.2 Å². The molecular weight excluding hydrogens is 200 g/mol. The largest absolute Gasteiger partial charge is 0.474 e. The Hall–Kier alpha value is -2.04. The first-order valence-electron chi connectivity index (χ1n) is 3.83. The van der Waals surface area contributed by atoms with Crippen LogP contribution in [0.25, 0.3) is 0 Å². The number of rotatable bonds is 4. The van der Waals surface area contributed by atoms with Crippen LogP contribution >= 0.6 is 0 Å². The first kappa shape index (κ1) is 15.4. The van der Waals surface area contributed by atoms with Crippen molar-refractivity contribution in [1.82, 2.24) is 0 Å². The van der Waals surface area contributed by atoms with Gasteiger partial charge in [-0.15, -0.1) is 0 Å². The minimum Gasteiger partial charge on any atom is -0.474 e. The van der Waals surface area contributed by atoms with E-state index in [9.17, 15) is 9.59 Å². The second kappa shape index (κ2) is 12.0. The number of esters is 2. The quantitative estimate of drug-likeness (QED) is 0.399. The van der Waals surface area contributed by atoms with Crippen LogP contribution in [0.3, 0.4) is 0 Å². The Morgan fingerprint density at radius 1 is 0.933 bits per heavy atom. The summed E-state index contributed by atoms with van der Waals surface area (Å²) in [6, 6.07) is 0. The summed E-state index contributed by atoms with van der Waals surface area (Å²) >= 11 is 0. The molecule has 0 heterocycles. The van der Waals surface area contributed by atoms with Crippen molar-refractivity contribution in [2.24, 2.45) is 0 Å². The SMILES string of the molecule is C=COC=C.COC(=O)/C=C\C(=O)OC. The van der Waals surface area contributed by atoms with Crippen LogP contribution in [0.5, 0.6) is 0 Å². The summed E-state index contributed by atoms with van der Waals surface area (Å²) in [6.07, 6.45) is 4.61. The molecule has 0 atom stereocenters. The Morgan fingerprint density at radius 3 is 1.40 bits per heavy atom. The molecule has 5 heteroatoms. The third-order valence-electron chi connectivity index (χ3n) is 0.950. The van der Waals surface area contributed by atoms with Gasteiger partial charge in [0.1, 0.15) is 0 Å². The highest BCUT2D eigenvalue weighted by Gasteiger charge is 1.94. The van der Waals surface area contributed by atoms with E-state index in [1.165, 1.54) is 26.7 Å². The molecular formula is C10H14O5. The van der Waals surface area contributed by atoms with E-state index in [0.29, 0.717) is 0 Å². The van der Waals surface area contributed by atoms with Crippen LogP contribution in [-0.4, -0.2) is 26.2 Å². The summed E-state index contributed by atoms with van der Waals surface area (Å²) in [5.74, 6) is -1.16. The molecule has 0 aliphatic heterocycles. The molecule has 0 aliphatic rings. The maximum absolute atomic E-state index is 10.3. The van der Waals surface area contributed by atoms with Gasteiger partial charge in [0.05, 0.1) is 26.7 Å². The van der Waals surface area contributed by atoms with Gasteiger partial charge in [-0.1, -0.05) is 13.2 Å². The lowest BCUT2D eigenvalue weighted by molar-refractivity contribution is -0.137. The van der Waals surface area contributed by atoms with E-state index in [2.05, 4.69) is 27.4 Å². The summed E-state index contributed by atoms with van der Waals surface area (Å²) in [6.45, 7) is 6.51. The minimum atomic E-state index is -0.578. The van der Waals surface area contributed by atoms with E-state index in [1.807, 2.05) is 0 Å². The molecule has 0 saturated heterocycles. The number of hydrogen-bond acceptors (Lipinski definition) is 5. The molecule has 5 nitrogen and oxygen atoms in total. The molecule has 0 aromatic carbocycles. The van der Waals surface area contributed by atoms with Crippen molar-refractivity contribution >= 4 is 11.9 Å². The summed E-state index contributed by atoms with van der Waals surface area (Å²) in [4.78, 5) is 20.6. The maximum Gasteiger partial charge on any atom is 0.330 e. The fraction of sp³-hybridized carbons (Fsp3) is 0.200. The van der Waals surface area contributed by atoms with E-state index in [0.717, 1.165) is 12.2 Å². The van der Waals surface area contributed by atoms with Crippen molar-refractivity contribution in [2.75, 3.05) is 14.2 Å². The monoisotopic (exact) mass is 214 g/mol. The molecule has 0 unspecified atom stereocenters. The van der Waals surface area contributed by atoms with Gasteiger partial charge in [0.2, 0.25) is 0 Å². The predicted molar refractivity (Wildman–Crippen MR) is 54.7 cm³/mol. The molecule has 0 rings (SSSR count). The average molecular weight is 214 g/mol. The molecule has 0 aromatic heterocycles. The molecule has 84 valence electrons. The first-order valence-corrected chi connectivity index (χ1v) is 3.83. The standard InChI is InChI=1S/C6H8O4.C4H6O/c1-9-5(7)3-4-6(8)10-2;1-3-5-4-2/h3-4H,1-2H3;3-4H,1-2H2/b4-3-;. The molecule has 0 amide bonds. The zero-order valence-electron chi connectivity index (χ0n) is 8.76. The summed E-state index contributed by atoms with van der Waals surface area (Å²) in [5.41, 5.74) is 0. The number of carbonyl (C=O) groups excluding carboxylic acids is 2. The molecule has 0 aliphatic carbocycles. The summed E-state index contributed by atoms with van der Waals surface area (Å²) in [7, 11) is 2.45. The Bertz CT molecular complexity index is 218. The number of methoxy groups -OCH3 is 2. The fourth-order valence-corrected chi connectivity index (χ4v) is 0.340. The third-order valence-corrected chi connectivity index (χ3v) is 0.950. The Kier molecular flexibility index (Phi) is 12.3. The molecule has 0 radical (unpaired) electrons. The molecule has 0 fully saturated rings. The predicted octanol–water partition coefficient (Wildman–Crippen LogP) is 1.18. The van der Waals surface area contributed by atoms with Crippen molar-refractivity contribution in [2.45, 2.75) is 0 Å². The van der Waals surface area contributed by atoms with Gasteiger partial charge in [-0.2, -0.15) is 0 Å². The van der Waals surface area contributed by atoms with Gasteiger partial charge in [-0.05, 0) is 0 Å². The van der Waals surface area contributed by atoms with Crippen molar-refractivity contribution in [3.8, 4) is 0 Å². The van der Waals surface area contributed by atoms with E-state index in [-0.39, 0.29) is 0 Å². The Labute approximate surface area is 88.6 Å². The lowest BCUT2D eigenvalue weighted by atomic mass is 10.5. The van der Waals surface area contributed by atoms with Crippen LogP contribution in [0.1, 0.15) is 0 Å². The fourth-order valence-electron chi connectivity index (χ4n) is 0.340. The van der Waals surface area contributed by atoms with Gasteiger partial charge in [0, 0.05) is 12.2 Å². The highest BCUT2D eigenvalue weighted by molar-refractivity contribution is 5.91. The highest BCUT2D eigenvalue weighted by atomic mass is 16.5. The Balaban J connectivity index is 0. The van der Waals surface area contributed by atoms with E-state index < -0.39 is 11.9 Å². The molecule has 0 N–H and O–H groups in total. The molecule has 0 aromatic rings. The van der Waals surface area contributed by atoms with Crippen LogP contribution < -0.4 is 0 Å². The molecule has 0 spiro atoms. The van der Waals surface area contributed by atoms with Crippen molar-refractivity contribution in [3.05, 3.63) is 37.8 Å². The second-order valence-electron chi connectivity index (χ2n) is 1.85. The smallest absolute Gasteiger partial charge is 0.330 e. The van der Waals surface area contributed by atoms with Crippen LogP contribution in [-0.2, 0) is 23.8 Å². The number of carbonyl (C=O) groups is 2. The van der Waals surface area contributed by atoms with E-state index >= 15 is 0 Å².